The van der Waals surface area contributed by atoms with Crippen molar-refractivity contribution in [3.63, 3.8) is 0 Å². The number of H-pyrrole nitrogens is 1. The van der Waals surface area contributed by atoms with E-state index in [0.29, 0.717) is 41.8 Å². The van der Waals surface area contributed by atoms with Gasteiger partial charge in [-0.3, -0.25) is 4.79 Å². The molecule has 116 valence electrons. The molecule has 7 heteroatoms. The molecule has 1 aliphatic rings. The van der Waals surface area contributed by atoms with Gasteiger partial charge in [-0.25, -0.2) is 4.98 Å². The number of amides is 1. The van der Waals surface area contributed by atoms with Crippen molar-refractivity contribution >= 4 is 17.5 Å². The van der Waals surface area contributed by atoms with Crippen molar-refractivity contribution in [3.05, 3.63) is 47.0 Å². The zero-order valence-corrected chi connectivity index (χ0v) is 12.8. The van der Waals surface area contributed by atoms with Crippen LogP contribution < -0.4 is 10.1 Å². The van der Waals surface area contributed by atoms with Gasteiger partial charge in [0, 0.05) is 31.0 Å². The summed E-state index contributed by atoms with van der Waals surface area (Å²) in [6.45, 7) is 0.959. The Morgan fingerprint density at radius 1 is 1.55 bits per heavy atom. The van der Waals surface area contributed by atoms with Crippen LogP contribution in [0.3, 0.4) is 0 Å². The van der Waals surface area contributed by atoms with Gasteiger partial charge in [0.2, 0.25) is 0 Å². The number of hydrogen-bond acceptors (Lipinski definition) is 4. The number of nitrogens with one attached hydrogen (secondary N) is 2. The molecule has 1 atom stereocenters. The van der Waals surface area contributed by atoms with Crippen LogP contribution in [0, 0.1) is 0 Å². The molecule has 1 saturated heterocycles. The predicted octanol–water partition coefficient (Wildman–Crippen LogP) is 2.12. The van der Waals surface area contributed by atoms with Gasteiger partial charge in [-0.15, -0.1) is 0 Å². The van der Waals surface area contributed by atoms with Crippen molar-refractivity contribution in [1.82, 2.24) is 15.3 Å². The summed E-state index contributed by atoms with van der Waals surface area (Å²) in [4.78, 5) is 19.9. The van der Waals surface area contributed by atoms with Gasteiger partial charge in [-0.05, 0) is 18.2 Å². The molecule has 0 radical (unpaired) electrons. The smallest absolute Gasteiger partial charge is 0.252 e. The average molecular weight is 322 g/mol. The molecule has 1 unspecified atom stereocenters. The third kappa shape index (κ3) is 2.67. The van der Waals surface area contributed by atoms with Crippen molar-refractivity contribution in [2.75, 3.05) is 20.3 Å². The molecule has 22 heavy (non-hydrogen) atoms. The molecule has 0 bridgehead atoms. The van der Waals surface area contributed by atoms with E-state index in [1.165, 1.54) is 7.11 Å². The number of rotatable bonds is 4. The van der Waals surface area contributed by atoms with Crippen molar-refractivity contribution < 1.29 is 14.3 Å². The second kappa shape index (κ2) is 5.98. The van der Waals surface area contributed by atoms with Gasteiger partial charge in [0.15, 0.2) is 0 Å². The number of benzene rings is 1. The molecule has 2 heterocycles. The maximum absolute atomic E-state index is 12.5. The van der Waals surface area contributed by atoms with Gasteiger partial charge < -0.3 is 19.8 Å². The summed E-state index contributed by atoms with van der Waals surface area (Å²) in [5, 5.41) is 3.41. The van der Waals surface area contributed by atoms with Crippen LogP contribution in [0.4, 0.5) is 0 Å². The highest BCUT2D eigenvalue weighted by Gasteiger charge is 2.40. The molecule has 0 saturated carbocycles. The highest BCUT2D eigenvalue weighted by atomic mass is 35.5. The quantitative estimate of drug-likeness (QED) is 0.904. The first-order chi connectivity index (χ1) is 10.6. The third-order valence-corrected chi connectivity index (χ3v) is 4.04. The average Bonchev–Trinajstić information content (AvgIpc) is 3.19. The van der Waals surface area contributed by atoms with Crippen molar-refractivity contribution in [1.29, 1.82) is 0 Å². The molecular formula is C15H16ClN3O3. The van der Waals surface area contributed by atoms with Crippen LogP contribution in [0.5, 0.6) is 5.75 Å². The lowest BCUT2D eigenvalue weighted by molar-refractivity contribution is 0.0869. The zero-order valence-electron chi connectivity index (χ0n) is 12.1. The Morgan fingerprint density at radius 3 is 3.00 bits per heavy atom. The van der Waals surface area contributed by atoms with Gasteiger partial charge in [0.1, 0.15) is 17.1 Å². The minimum atomic E-state index is -0.632. The lowest BCUT2D eigenvalue weighted by Crippen LogP contribution is -2.47. The van der Waals surface area contributed by atoms with Crippen LogP contribution >= 0.6 is 11.6 Å². The van der Waals surface area contributed by atoms with Crippen molar-refractivity contribution in [2.45, 2.75) is 12.0 Å². The fourth-order valence-corrected chi connectivity index (χ4v) is 2.79. The monoisotopic (exact) mass is 321 g/mol. The van der Waals surface area contributed by atoms with E-state index >= 15 is 0 Å². The van der Waals surface area contributed by atoms with E-state index in [1.54, 1.807) is 30.6 Å². The van der Waals surface area contributed by atoms with Crippen LogP contribution in [-0.4, -0.2) is 36.2 Å². The first-order valence-corrected chi connectivity index (χ1v) is 7.26. The van der Waals surface area contributed by atoms with Crippen molar-refractivity contribution in [3.8, 4) is 5.75 Å². The number of nitrogens with zero attached hydrogens (tertiary/aromatic N) is 1. The topological polar surface area (TPSA) is 76.2 Å². The highest BCUT2D eigenvalue weighted by Crippen LogP contribution is 2.29. The summed E-state index contributed by atoms with van der Waals surface area (Å²) in [6, 6.07) is 4.93. The Balaban J connectivity index is 1.84. The molecule has 1 fully saturated rings. The molecule has 2 N–H and O–H groups in total. The second-order valence-corrected chi connectivity index (χ2v) is 5.53. The Morgan fingerprint density at radius 2 is 2.41 bits per heavy atom. The van der Waals surface area contributed by atoms with Crippen LogP contribution in [-0.2, 0) is 10.3 Å². The first kappa shape index (κ1) is 14.9. The molecule has 1 amide bonds. The molecule has 0 spiro atoms. The van der Waals surface area contributed by atoms with E-state index in [4.69, 9.17) is 21.1 Å². The molecule has 1 aliphatic heterocycles. The summed E-state index contributed by atoms with van der Waals surface area (Å²) in [7, 11) is 1.53. The molecule has 0 aliphatic carbocycles. The molecule has 6 nitrogen and oxygen atoms in total. The summed E-state index contributed by atoms with van der Waals surface area (Å²) in [5.41, 5.74) is -0.170. The second-order valence-electron chi connectivity index (χ2n) is 5.13. The summed E-state index contributed by atoms with van der Waals surface area (Å²) in [6.07, 6.45) is 4.05. The Labute approximate surface area is 132 Å². The van der Waals surface area contributed by atoms with Gasteiger partial charge in [-0.2, -0.15) is 0 Å². The molecule has 2 aromatic rings. The number of carbonyl (C=O) groups excluding carboxylic acids is 1. The molecule has 1 aromatic heterocycles. The van der Waals surface area contributed by atoms with Gasteiger partial charge in [0.25, 0.3) is 5.91 Å². The number of methoxy groups -OCH3 is 1. The Bertz CT molecular complexity index is 667. The fraction of sp³-hybridized carbons (Fsp3) is 0.333. The largest absolute Gasteiger partial charge is 0.495 e. The Kier molecular flexibility index (Phi) is 4.04. The minimum absolute atomic E-state index is 0.230. The summed E-state index contributed by atoms with van der Waals surface area (Å²) >= 11 is 6.08. The van der Waals surface area contributed by atoms with Crippen LogP contribution in [0.15, 0.2) is 30.6 Å². The maximum Gasteiger partial charge on any atom is 0.252 e. The minimum Gasteiger partial charge on any atom is -0.495 e. The number of aromatic amines is 1. The standard InChI is InChI=1S/C15H16ClN3O3/c1-21-12-3-2-10(8-11(12)16)13(20)19-15(4-7-22-9-15)14-17-5-6-18-14/h2-3,5-6,8H,4,7,9H2,1H3,(H,17,18)(H,19,20). The van der Waals surface area contributed by atoms with E-state index in [0.717, 1.165) is 0 Å². The normalized spacial score (nSPS) is 20.8. The fourth-order valence-electron chi connectivity index (χ4n) is 2.53. The highest BCUT2D eigenvalue weighted by molar-refractivity contribution is 6.32. The van der Waals surface area contributed by atoms with E-state index in [-0.39, 0.29) is 5.91 Å². The number of aromatic nitrogens is 2. The lowest BCUT2D eigenvalue weighted by Gasteiger charge is -2.26. The summed E-state index contributed by atoms with van der Waals surface area (Å²) < 4.78 is 10.6. The van der Waals surface area contributed by atoms with Crippen LogP contribution in [0.1, 0.15) is 22.6 Å². The Hall–Kier alpha value is -2.05. The maximum atomic E-state index is 12.5. The SMILES string of the molecule is COc1ccc(C(=O)NC2(c3ncc[nH]3)CCOC2)cc1Cl. The predicted molar refractivity (Wildman–Crippen MR) is 81.2 cm³/mol. The van der Waals surface area contributed by atoms with Crippen LogP contribution in [0.25, 0.3) is 0 Å². The van der Waals surface area contributed by atoms with Crippen molar-refractivity contribution in [2.24, 2.45) is 0 Å². The zero-order chi connectivity index (χ0) is 15.6. The number of hydrogen-bond donors (Lipinski definition) is 2. The van der Waals surface area contributed by atoms with Gasteiger partial charge in [0.05, 0.1) is 18.7 Å². The number of imidazole rings is 1. The molecule has 3 rings (SSSR count). The van der Waals surface area contributed by atoms with E-state index < -0.39 is 5.54 Å². The summed E-state index contributed by atoms with van der Waals surface area (Å²) in [5.74, 6) is 0.993. The third-order valence-electron chi connectivity index (χ3n) is 3.74. The number of halogens is 1. The van der Waals surface area contributed by atoms with Gasteiger partial charge >= 0.3 is 0 Å². The van der Waals surface area contributed by atoms with E-state index in [1.807, 2.05) is 0 Å². The number of ether oxygens (including phenoxy) is 2. The van der Waals surface area contributed by atoms with Gasteiger partial charge in [-0.1, -0.05) is 11.6 Å². The lowest BCUT2D eigenvalue weighted by atomic mass is 9.97. The molecular weight excluding hydrogens is 306 g/mol. The van der Waals surface area contributed by atoms with E-state index in [9.17, 15) is 4.79 Å². The first-order valence-electron chi connectivity index (χ1n) is 6.88. The molecule has 1 aromatic carbocycles. The number of carbonyl (C=O) groups is 1. The van der Waals surface area contributed by atoms with E-state index in [2.05, 4.69) is 15.3 Å². The van der Waals surface area contributed by atoms with Crippen LogP contribution in [0.2, 0.25) is 5.02 Å².